The number of hydrogen-bond donors (Lipinski definition) is 3. The van der Waals surface area contributed by atoms with Gasteiger partial charge in [-0.15, -0.1) is 0 Å². The number of hydrogen-bond acceptors (Lipinski definition) is 4. The molecule has 88 valence electrons. The Morgan fingerprint density at radius 3 is 3.00 bits per heavy atom. The zero-order valence-corrected chi connectivity index (χ0v) is 9.11. The second-order valence-electron chi connectivity index (χ2n) is 3.94. The Morgan fingerprint density at radius 1 is 1.53 bits per heavy atom. The van der Waals surface area contributed by atoms with Gasteiger partial charge in [0.25, 0.3) is 0 Å². The highest BCUT2D eigenvalue weighted by Crippen LogP contribution is 2.15. The molecule has 1 saturated heterocycles. The summed E-state index contributed by atoms with van der Waals surface area (Å²) in [5, 5.41) is 11.9. The second-order valence-corrected chi connectivity index (χ2v) is 3.94. The maximum atomic E-state index is 11.4. The summed E-state index contributed by atoms with van der Waals surface area (Å²) in [4.78, 5) is 13.5. The first-order valence-electron chi connectivity index (χ1n) is 5.59. The van der Waals surface area contributed by atoms with Crippen molar-refractivity contribution in [3.63, 3.8) is 0 Å². The molecule has 0 saturated carbocycles. The van der Waals surface area contributed by atoms with Crippen LogP contribution < -0.4 is 11.1 Å². The molecule has 0 aromatic rings. The molecular formula is C10H21N3O2. The molecule has 1 aliphatic rings. The molecule has 0 radical (unpaired) electrons. The topological polar surface area (TPSA) is 78.6 Å². The van der Waals surface area contributed by atoms with E-state index in [-0.39, 0.29) is 18.6 Å². The third kappa shape index (κ3) is 4.15. The molecule has 0 aliphatic carbocycles. The van der Waals surface area contributed by atoms with Crippen LogP contribution >= 0.6 is 0 Å². The molecule has 1 atom stereocenters. The van der Waals surface area contributed by atoms with Crippen LogP contribution in [0.3, 0.4) is 0 Å². The summed E-state index contributed by atoms with van der Waals surface area (Å²) in [6.07, 6.45) is 3.24. The predicted octanol–water partition coefficient (Wildman–Crippen LogP) is -1.09. The second kappa shape index (κ2) is 6.76. The van der Waals surface area contributed by atoms with Gasteiger partial charge >= 0.3 is 0 Å². The van der Waals surface area contributed by atoms with Crippen molar-refractivity contribution >= 4 is 5.91 Å². The van der Waals surface area contributed by atoms with Gasteiger partial charge in [-0.3, -0.25) is 9.69 Å². The van der Waals surface area contributed by atoms with Crippen LogP contribution in [0.4, 0.5) is 0 Å². The number of piperidine rings is 1. The first-order valence-corrected chi connectivity index (χ1v) is 5.59. The molecule has 5 heteroatoms. The van der Waals surface area contributed by atoms with E-state index in [0.717, 1.165) is 25.8 Å². The normalized spacial score (nSPS) is 22.7. The summed E-state index contributed by atoms with van der Waals surface area (Å²) in [6, 6.07) is 0.155. The summed E-state index contributed by atoms with van der Waals surface area (Å²) >= 11 is 0. The van der Waals surface area contributed by atoms with Crippen LogP contribution in [-0.4, -0.2) is 54.7 Å². The van der Waals surface area contributed by atoms with Crippen molar-refractivity contribution in [2.24, 2.45) is 5.73 Å². The molecular weight excluding hydrogens is 194 g/mol. The third-order valence-electron chi connectivity index (χ3n) is 2.77. The predicted molar refractivity (Wildman–Crippen MR) is 58.4 cm³/mol. The van der Waals surface area contributed by atoms with E-state index in [0.29, 0.717) is 19.6 Å². The zero-order chi connectivity index (χ0) is 11.1. The molecule has 15 heavy (non-hydrogen) atoms. The lowest BCUT2D eigenvalue weighted by Gasteiger charge is -2.33. The molecule has 1 heterocycles. The Morgan fingerprint density at radius 2 is 2.33 bits per heavy atom. The van der Waals surface area contributed by atoms with E-state index < -0.39 is 0 Å². The van der Waals surface area contributed by atoms with E-state index in [1.165, 1.54) is 0 Å². The highest BCUT2D eigenvalue weighted by atomic mass is 16.3. The number of nitrogens with zero attached hydrogens (tertiary/aromatic N) is 1. The van der Waals surface area contributed by atoms with Gasteiger partial charge in [-0.2, -0.15) is 0 Å². The molecule has 1 fully saturated rings. The van der Waals surface area contributed by atoms with Crippen molar-refractivity contribution in [1.82, 2.24) is 10.2 Å². The van der Waals surface area contributed by atoms with Gasteiger partial charge in [0.15, 0.2) is 0 Å². The minimum Gasteiger partial charge on any atom is -0.395 e. The lowest BCUT2D eigenvalue weighted by atomic mass is 10.0. The first-order chi connectivity index (χ1) is 7.27. The van der Waals surface area contributed by atoms with Crippen LogP contribution in [-0.2, 0) is 4.79 Å². The van der Waals surface area contributed by atoms with Gasteiger partial charge in [-0.05, 0) is 19.4 Å². The maximum absolute atomic E-state index is 11.4. The SMILES string of the molecule is NCCNC(=O)CN1CCCCC1CO. The largest absolute Gasteiger partial charge is 0.395 e. The molecule has 4 N–H and O–H groups in total. The highest BCUT2D eigenvalue weighted by molar-refractivity contribution is 5.78. The van der Waals surface area contributed by atoms with Gasteiger partial charge in [0.2, 0.25) is 5.91 Å². The quantitative estimate of drug-likeness (QED) is 0.544. The van der Waals surface area contributed by atoms with Crippen molar-refractivity contribution in [2.75, 3.05) is 32.8 Å². The van der Waals surface area contributed by atoms with Crippen LogP contribution in [0.2, 0.25) is 0 Å². The Bertz CT molecular complexity index is 199. The Kier molecular flexibility index (Phi) is 5.60. The lowest BCUT2D eigenvalue weighted by Crippen LogP contribution is -2.47. The van der Waals surface area contributed by atoms with Gasteiger partial charge in [-0.25, -0.2) is 0 Å². The number of likely N-dealkylation sites (tertiary alicyclic amines) is 1. The van der Waals surface area contributed by atoms with Crippen LogP contribution in [0.1, 0.15) is 19.3 Å². The summed E-state index contributed by atoms with van der Waals surface area (Å²) in [5.74, 6) is 0.000741. The summed E-state index contributed by atoms with van der Waals surface area (Å²) in [6.45, 7) is 2.42. The molecule has 0 aromatic heterocycles. The van der Waals surface area contributed by atoms with Crippen LogP contribution in [0, 0.1) is 0 Å². The van der Waals surface area contributed by atoms with Crippen molar-refractivity contribution < 1.29 is 9.90 Å². The van der Waals surface area contributed by atoms with Crippen LogP contribution in [0.5, 0.6) is 0 Å². The minimum atomic E-state index is 0.000741. The van der Waals surface area contributed by atoms with E-state index in [1.54, 1.807) is 0 Å². The van der Waals surface area contributed by atoms with Gasteiger partial charge in [0.1, 0.15) is 0 Å². The van der Waals surface area contributed by atoms with Crippen LogP contribution in [0.25, 0.3) is 0 Å². The number of nitrogens with two attached hydrogens (primary N) is 1. The molecule has 0 aromatic carbocycles. The molecule has 1 aliphatic heterocycles. The summed E-state index contributed by atoms with van der Waals surface area (Å²) in [5.41, 5.74) is 5.30. The number of rotatable bonds is 5. The van der Waals surface area contributed by atoms with Crippen molar-refractivity contribution in [3.05, 3.63) is 0 Å². The number of aliphatic hydroxyl groups excluding tert-OH is 1. The molecule has 5 nitrogen and oxygen atoms in total. The van der Waals surface area contributed by atoms with Gasteiger partial charge in [-0.1, -0.05) is 6.42 Å². The smallest absolute Gasteiger partial charge is 0.234 e. The Hall–Kier alpha value is -0.650. The molecule has 0 spiro atoms. The van der Waals surface area contributed by atoms with E-state index in [2.05, 4.69) is 10.2 Å². The fourth-order valence-corrected chi connectivity index (χ4v) is 1.93. The van der Waals surface area contributed by atoms with Crippen molar-refractivity contribution in [1.29, 1.82) is 0 Å². The third-order valence-corrected chi connectivity index (χ3v) is 2.77. The van der Waals surface area contributed by atoms with Crippen molar-refractivity contribution in [2.45, 2.75) is 25.3 Å². The van der Waals surface area contributed by atoms with Gasteiger partial charge in [0, 0.05) is 19.1 Å². The molecule has 1 rings (SSSR count). The van der Waals surface area contributed by atoms with Gasteiger partial charge < -0.3 is 16.2 Å². The Labute approximate surface area is 90.6 Å². The van der Waals surface area contributed by atoms with E-state index in [1.807, 2.05) is 0 Å². The molecule has 1 unspecified atom stereocenters. The number of amides is 1. The maximum Gasteiger partial charge on any atom is 0.234 e. The fourth-order valence-electron chi connectivity index (χ4n) is 1.93. The standard InChI is InChI=1S/C10H21N3O2/c11-4-5-12-10(15)7-13-6-2-1-3-9(13)8-14/h9,14H,1-8,11H2,(H,12,15). The van der Waals surface area contributed by atoms with Gasteiger partial charge in [0.05, 0.1) is 13.2 Å². The van der Waals surface area contributed by atoms with Crippen LogP contribution in [0.15, 0.2) is 0 Å². The summed E-state index contributed by atoms with van der Waals surface area (Å²) < 4.78 is 0. The zero-order valence-electron chi connectivity index (χ0n) is 9.11. The molecule has 1 amide bonds. The van der Waals surface area contributed by atoms with E-state index in [9.17, 15) is 4.79 Å². The average Bonchev–Trinajstić information content (AvgIpc) is 2.27. The summed E-state index contributed by atoms with van der Waals surface area (Å²) in [7, 11) is 0. The molecule has 0 bridgehead atoms. The van der Waals surface area contributed by atoms with E-state index >= 15 is 0 Å². The van der Waals surface area contributed by atoms with E-state index in [4.69, 9.17) is 10.8 Å². The fraction of sp³-hybridized carbons (Fsp3) is 0.900. The first kappa shape index (κ1) is 12.4. The number of aliphatic hydroxyl groups is 1. The number of carbonyl (C=O) groups is 1. The minimum absolute atomic E-state index is 0.000741. The van der Waals surface area contributed by atoms with Crippen molar-refractivity contribution in [3.8, 4) is 0 Å². The highest BCUT2D eigenvalue weighted by Gasteiger charge is 2.23. The average molecular weight is 215 g/mol. The lowest BCUT2D eigenvalue weighted by molar-refractivity contribution is -0.123. The monoisotopic (exact) mass is 215 g/mol. The Balaban J connectivity index is 2.30. The number of nitrogens with one attached hydrogen (secondary N) is 1. The number of carbonyl (C=O) groups excluding carboxylic acids is 1.